The fraction of sp³-hybridized carbons (Fsp3) is 0.818. The molecule has 0 saturated carbocycles. The molecular weight excluding hydrogens is 240 g/mol. The summed E-state index contributed by atoms with van der Waals surface area (Å²) in [7, 11) is 0. The SMILES string of the molecule is NC1(C(=O)NC2(C(=O)O)CCOCC2)CCOC1. The predicted molar refractivity (Wildman–Crippen MR) is 60.9 cm³/mol. The molecule has 0 aromatic carbocycles. The topological polar surface area (TPSA) is 111 Å². The van der Waals surface area contributed by atoms with Gasteiger partial charge in [0.05, 0.1) is 6.61 Å². The molecule has 2 heterocycles. The highest BCUT2D eigenvalue weighted by molar-refractivity contribution is 5.92. The van der Waals surface area contributed by atoms with E-state index in [1.54, 1.807) is 0 Å². The lowest BCUT2D eigenvalue weighted by molar-refractivity contribution is -0.153. The van der Waals surface area contributed by atoms with Crippen molar-refractivity contribution < 1.29 is 24.2 Å². The zero-order valence-electron chi connectivity index (χ0n) is 10.1. The Hall–Kier alpha value is -1.18. The van der Waals surface area contributed by atoms with E-state index in [0.29, 0.717) is 26.2 Å². The Bertz CT molecular complexity index is 345. The van der Waals surface area contributed by atoms with Gasteiger partial charge in [0.1, 0.15) is 11.1 Å². The van der Waals surface area contributed by atoms with Crippen LogP contribution in [0.25, 0.3) is 0 Å². The number of nitrogens with one attached hydrogen (secondary N) is 1. The third kappa shape index (κ3) is 2.33. The molecule has 0 aliphatic carbocycles. The maximum absolute atomic E-state index is 12.1. The van der Waals surface area contributed by atoms with E-state index in [0.717, 1.165) is 0 Å². The zero-order valence-corrected chi connectivity index (χ0v) is 10.1. The Morgan fingerprint density at radius 2 is 1.72 bits per heavy atom. The number of ether oxygens (including phenoxy) is 2. The third-order valence-corrected chi connectivity index (χ3v) is 3.61. The van der Waals surface area contributed by atoms with Gasteiger partial charge >= 0.3 is 5.97 Å². The van der Waals surface area contributed by atoms with Gasteiger partial charge in [-0.3, -0.25) is 4.79 Å². The summed E-state index contributed by atoms with van der Waals surface area (Å²) in [6.45, 7) is 1.19. The molecule has 0 aromatic heterocycles. The zero-order chi connectivity index (χ0) is 13.2. The van der Waals surface area contributed by atoms with E-state index in [2.05, 4.69) is 5.32 Å². The summed E-state index contributed by atoms with van der Waals surface area (Å²) in [6, 6.07) is 0. The maximum atomic E-state index is 12.1. The molecule has 4 N–H and O–H groups in total. The number of rotatable bonds is 3. The standard InChI is InChI=1S/C11H18N2O5/c12-10(1-4-18-7-10)8(14)13-11(9(15)16)2-5-17-6-3-11/h1-7,12H2,(H,13,14)(H,15,16). The van der Waals surface area contributed by atoms with Crippen molar-refractivity contribution in [1.82, 2.24) is 5.32 Å². The lowest BCUT2D eigenvalue weighted by atomic mass is 9.88. The summed E-state index contributed by atoms with van der Waals surface area (Å²) in [5.74, 6) is -1.49. The second kappa shape index (κ2) is 4.83. The smallest absolute Gasteiger partial charge is 0.329 e. The van der Waals surface area contributed by atoms with Crippen LogP contribution in [0.15, 0.2) is 0 Å². The van der Waals surface area contributed by atoms with E-state index in [1.165, 1.54) is 0 Å². The van der Waals surface area contributed by atoms with Gasteiger partial charge in [-0.05, 0) is 6.42 Å². The highest BCUT2D eigenvalue weighted by Crippen LogP contribution is 2.24. The molecule has 1 unspecified atom stereocenters. The number of hydrogen-bond donors (Lipinski definition) is 3. The number of amides is 1. The normalized spacial score (nSPS) is 30.9. The lowest BCUT2D eigenvalue weighted by Crippen LogP contribution is -2.64. The van der Waals surface area contributed by atoms with Crippen molar-refractivity contribution >= 4 is 11.9 Å². The van der Waals surface area contributed by atoms with Crippen LogP contribution in [0, 0.1) is 0 Å². The van der Waals surface area contributed by atoms with Crippen molar-refractivity contribution in [3.05, 3.63) is 0 Å². The number of nitrogens with two attached hydrogens (primary N) is 1. The Morgan fingerprint density at radius 1 is 1.11 bits per heavy atom. The van der Waals surface area contributed by atoms with Gasteiger partial charge in [0.2, 0.25) is 5.91 Å². The summed E-state index contributed by atoms with van der Waals surface area (Å²) >= 11 is 0. The molecule has 0 spiro atoms. The van der Waals surface area contributed by atoms with E-state index >= 15 is 0 Å². The number of carboxylic acids is 1. The van der Waals surface area contributed by atoms with E-state index < -0.39 is 23.0 Å². The van der Waals surface area contributed by atoms with Crippen LogP contribution in [-0.4, -0.2) is 54.5 Å². The quantitative estimate of drug-likeness (QED) is 0.589. The minimum absolute atomic E-state index is 0.130. The summed E-state index contributed by atoms with van der Waals surface area (Å²) in [5.41, 5.74) is 3.55. The molecule has 1 amide bonds. The molecule has 0 radical (unpaired) electrons. The average Bonchev–Trinajstić information content (AvgIpc) is 2.78. The molecular formula is C11H18N2O5. The van der Waals surface area contributed by atoms with E-state index in [1.807, 2.05) is 0 Å². The number of carbonyl (C=O) groups is 2. The Morgan fingerprint density at radius 3 is 2.22 bits per heavy atom. The Labute approximate surface area is 105 Å². The first-order chi connectivity index (χ1) is 8.49. The van der Waals surface area contributed by atoms with Crippen molar-refractivity contribution in [3.63, 3.8) is 0 Å². The van der Waals surface area contributed by atoms with Gasteiger partial charge in [0.15, 0.2) is 0 Å². The lowest BCUT2D eigenvalue weighted by Gasteiger charge is -2.36. The first-order valence-electron chi connectivity index (χ1n) is 5.99. The highest BCUT2D eigenvalue weighted by atomic mass is 16.5. The minimum Gasteiger partial charge on any atom is -0.480 e. The second-order valence-electron chi connectivity index (χ2n) is 4.91. The fourth-order valence-corrected chi connectivity index (χ4v) is 2.21. The van der Waals surface area contributed by atoms with Crippen LogP contribution in [0.3, 0.4) is 0 Å². The molecule has 2 aliphatic rings. The maximum Gasteiger partial charge on any atom is 0.329 e. The Balaban J connectivity index is 2.09. The van der Waals surface area contributed by atoms with Crippen molar-refractivity contribution in [2.45, 2.75) is 30.3 Å². The van der Waals surface area contributed by atoms with Gasteiger partial charge in [0.25, 0.3) is 0 Å². The summed E-state index contributed by atoms with van der Waals surface area (Å²) < 4.78 is 10.2. The largest absolute Gasteiger partial charge is 0.480 e. The summed E-state index contributed by atoms with van der Waals surface area (Å²) in [6.07, 6.45) is 0.918. The number of carboxylic acid groups (broad SMARTS) is 1. The molecule has 0 bridgehead atoms. The average molecular weight is 258 g/mol. The molecule has 1 atom stereocenters. The minimum atomic E-state index is -1.26. The second-order valence-corrected chi connectivity index (χ2v) is 4.91. The molecule has 2 rings (SSSR count). The molecule has 2 saturated heterocycles. The van der Waals surface area contributed by atoms with Crippen LogP contribution in [0.2, 0.25) is 0 Å². The first-order valence-corrected chi connectivity index (χ1v) is 5.99. The van der Waals surface area contributed by atoms with Crippen molar-refractivity contribution in [2.75, 3.05) is 26.4 Å². The van der Waals surface area contributed by atoms with Crippen LogP contribution < -0.4 is 11.1 Å². The van der Waals surface area contributed by atoms with Gasteiger partial charge < -0.3 is 25.6 Å². The first kappa shape index (κ1) is 13.3. The molecule has 2 fully saturated rings. The van der Waals surface area contributed by atoms with E-state index in [-0.39, 0.29) is 19.4 Å². The highest BCUT2D eigenvalue weighted by Gasteiger charge is 2.47. The molecule has 7 heteroatoms. The molecule has 0 aromatic rings. The number of aliphatic carboxylic acids is 1. The van der Waals surface area contributed by atoms with Gasteiger partial charge in [-0.15, -0.1) is 0 Å². The van der Waals surface area contributed by atoms with Crippen molar-refractivity contribution in [2.24, 2.45) is 5.73 Å². The summed E-state index contributed by atoms with van der Waals surface area (Å²) in [4.78, 5) is 23.5. The van der Waals surface area contributed by atoms with Gasteiger partial charge in [-0.1, -0.05) is 0 Å². The molecule has 102 valence electrons. The van der Waals surface area contributed by atoms with Crippen LogP contribution >= 0.6 is 0 Å². The predicted octanol–water partition coefficient (Wildman–Crippen LogP) is -1.15. The fourth-order valence-electron chi connectivity index (χ4n) is 2.21. The van der Waals surface area contributed by atoms with Crippen molar-refractivity contribution in [1.29, 1.82) is 0 Å². The molecule has 2 aliphatic heterocycles. The van der Waals surface area contributed by atoms with Gasteiger partial charge in [-0.25, -0.2) is 4.79 Å². The monoisotopic (exact) mass is 258 g/mol. The Kier molecular flexibility index (Phi) is 3.56. The molecule has 18 heavy (non-hydrogen) atoms. The number of hydrogen-bond acceptors (Lipinski definition) is 5. The number of carbonyl (C=O) groups excluding carboxylic acids is 1. The van der Waals surface area contributed by atoms with E-state index in [4.69, 9.17) is 15.2 Å². The molecule has 7 nitrogen and oxygen atoms in total. The van der Waals surface area contributed by atoms with Gasteiger partial charge in [-0.2, -0.15) is 0 Å². The summed E-state index contributed by atoms with van der Waals surface area (Å²) in [5, 5.41) is 11.9. The van der Waals surface area contributed by atoms with Crippen molar-refractivity contribution in [3.8, 4) is 0 Å². The van der Waals surface area contributed by atoms with Crippen LogP contribution in [-0.2, 0) is 19.1 Å². The third-order valence-electron chi connectivity index (χ3n) is 3.61. The van der Waals surface area contributed by atoms with Gasteiger partial charge in [0, 0.05) is 32.7 Å². The van der Waals surface area contributed by atoms with Crippen LogP contribution in [0.1, 0.15) is 19.3 Å². The van der Waals surface area contributed by atoms with Crippen LogP contribution in [0.5, 0.6) is 0 Å². The van der Waals surface area contributed by atoms with Crippen LogP contribution in [0.4, 0.5) is 0 Å². The van der Waals surface area contributed by atoms with E-state index in [9.17, 15) is 14.7 Å².